The molecule has 2 fully saturated rings. The van der Waals surface area contributed by atoms with Gasteiger partial charge in [0, 0.05) is 13.1 Å². The molecule has 1 saturated heterocycles. The second kappa shape index (κ2) is 7.03. The predicted molar refractivity (Wildman–Crippen MR) is 85.1 cm³/mol. The third-order valence-corrected chi connectivity index (χ3v) is 4.83. The highest BCUT2D eigenvalue weighted by Gasteiger charge is 2.36. The van der Waals surface area contributed by atoms with Crippen molar-refractivity contribution in [2.75, 3.05) is 26.3 Å². The van der Waals surface area contributed by atoms with E-state index in [1.807, 2.05) is 36.1 Å². The summed E-state index contributed by atoms with van der Waals surface area (Å²) < 4.78 is 11.2. The molecule has 0 aromatic heterocycles. The van der Waals surface area contributed by atoms with Crippen LogP contribution in [0.15, 0.2) is 24.3 Å². The van der Waals surface area contributed by atoms with E-state index in [-0.39, 0.29) is 12.5 Å². The molecule has 4 heteroatoms. The number of benzene rings is 1. The van der Waals surface area contributed by atoms with Gasteiger partial charge >= 0.3 is 0 Å². The topological polar surface area (TPSA) is 38.8 Å². The van der Waals surface area contributed by atoms with Gasteiger partial charge in [0.15, 0.2) is 18.1 Å². The van der Waals surface area contributed by atoms with E-state index in [1.54, 1.807) is 0 Å². The third-order valence-electron chi connectivity index (χ3n) is 4.83. The smallest absolute Gasteiger partial charge is 0.260 e. The lowest BCUT2D eigenvalue weighted by molar-refractivity contribution is -0.132. The summed E-state index contributed by atoms with van der Waals surface area (Å²) >= 11 is 0. The van der Waals surface area contributed by atoms with Gasteiger partial charge in [0.25, 0.3) is 5.91 Å². The molecule has 1 amide bonds. The summed E-state index contributed by atoms with van der Waals surface area (Å²) in [5, 5.41) is 0. The Bertz CT molecular complexity index is 503. The first-order valence-corrected chi connectivity index (χ1v) is 8.40. The Balaban J connectivity index is 1.54. The van der Waals surface area contributed by atoms with Crippen LogP contribution in [0, 0.1) is 11.8 Å². The number of para-hydroxylation sites is 2. The zero-order valence-corrected chi connectivity index (χ0v) is 13.3. The summed E-state index contributed by atoms with van der Waals surface area (Å²) in [6, 6.07) is 7.52. The van der Waals surface area contributed by atoms with Crippen molar-refractivity contribution < 1.29 is 14.3 Å². The zero-order valence-electron chi connectivity index (χ0n) is 13.3. The predicted octanol–water partition coefficient (Wildman–Crippen LogP) is 3.11. The molecule has 1 aromatic rings. The number of carbonyl (C=O) groups is 1. The van der Waals surface area contributed by atoms with Gasteiger partial charge in [-0.05, 0) is 43.7 Å². The van der Waals surface area contributed by atoms with Crippen molar-refractivity contribution >= 4 is 5.91 Å². The summed E-state index contributed by atoms with van der Waals surface area (Å²) in [5.74, 6) is 2.88. The maximum Gasteiger partial charge on any atom is 0.260 e. The van der Waals surface area contributed by atoms with E-state index < -0.39 is 0 Å². The first-order valence-electron chi connectivity index (χ1n) is 8.40. The molecule has 22 heavy (non-hydrogen) atoms. The Hall–Kier alpha value is -1.71. The minimum absolute atomic E-state index is 0.0979. The van der Waals surface area contributed by atoms with Crippen molar-refractivity contribution in [1.29, 1.82) is 0 Å². The lowest BCUT2D eigenvalue weighted by atomic mass is 9.82. The van der Waals surface area contributed by atoms with E-state index in [0.717, 1.165) is 13.1 Å². The number of ether oxygens (including phenoxy) is 2. The maximum absolute atomic E-state index is 12.4. The standard InChI is InChI=1S/C18H25NO3/c1-2-21-16-9-5-6-10-17(16)22-13-18(20)19-11-14-7-3-4-8-15(14)12-19/h5-6,9-10,14-15H,2-4,7-8,11-13H2,1H3. The fourth-order valence-corrected chi connectivity index (χ4v) is 3.68. The molecule has 0 spiro atoms. The van der Waals surface area contributed by atoms with Gasteiger partial charge in [0.05, 0.1) is 6.61 Å². The minimum atomic E-state index is 0.0979. The number of nitrogens with zero attached hydrogens (tertiary/aromatic N) is 1. The van der Waals surface area contributed by atoms with Crippen molar-refractivity contribution in [3.8, 4) is 11.5 Å². The minimum Gasteiger partial charge on any atom is -0.490 e. The summed E-state index contributed by atoms with van der Waals surface area (Å²) in [5.41, 5.74) is 0. The molecule has 2 atom stereocenters. The van der Waals surface area contributed by atoms with Gasteiger partial charge in [-0.15, -0.1) is 0 Å². The van der Waals surface area contributed by atoms with E-state index in [1.165, 1.54) is 25.7 Å². The highest BCUT2D eigenvalue weighted by Crippen LogP contribution is 2.36. The molecule has 1 aromatic carbocycles. The zero-order chi connectivity index (χ0) is 15.4. The monoisotopic (exact) mass is 303 g/mol. The molecule has 3 rings (SSSR count). The lowest BCUT2D eigenvalue weighted by Gasteiger charge is -2.22. The van der Waals surface area contributed by atoms with Crippen molar-refractivity contribution in [3.63, 3.8) is 0 Å². The summed E-state index contributed by atoms with van der Waals surface area (Å²) in [6.45, 7) is 4.46. The van der Waals surface area contributed by atoms with E-state index in [9.17, 15) is 4.79 Å². The van der Waals surface area contributed by atoms with Crippen LogP contribution in [-0.4, -0.2) is 37.1 Å². The van der Waals surface area contributed by atoms with Crippen molar-refractivity contribution in [2.45, 2.75) is 32.6 Å². The molecule has 2 unspecified atom stereocenters. The van der Waals surface area contributed by atoms with Gasteiger partial charge < -0.3 is 14.4 Å². The molecule has 1 aliphatic carbocycles. The van der Waals surface area contributed by atoms with Gasteiger partial charge in [-0.3, -0.25) is 4.79 Å². The average molecular weight is 303 g/mol. The lowest BCUT2D eigenvalue weighted by Crippen LogP contribution is -2.33. The number of carbonyl (C=O) groups excluding carboxylic acids is 1. The summed E-state index contributed by atoms with van der Waals surface area (Å²) in [6.07, 6.45) is 5.20. The van der Waals surface area contributed by atoms with Crippen LogP contribution in [0.2, 0.25) is 0 Å². The molecule has 1 aliphatic heterocycles. The molecular weight excluding hydrogens is 278 g/mol. The largest absolute Gasteiger partial charge is 0.490 e. The quantitative estimate of drug-likeness (QED) is 0.839. The third kappa shape index (κ3) is 3.37. The van der Waals surface area contributed by atoms with E-state index >= 15 is 0 Å². The summed E-state index contributed by atoms with van der Waals surface area (Å²) in [4.78, 5) is 14.4. The van der Waals surface area contributed by atoms with Crippen LogP contribution in [0.5, 0.6) is 11.5 Å². The fourth-order valence-electron chi connectivity index (χ4n) is 3.68. The number of fused-ring (bicyclic) bond motifs is 1. The number of amides is 1. The SMILES string of the molecule is CCOc1ccccc1OCC(=O)N1CC2CCCCC2C1. The van der Waals surface area contributed by atoms with Crippen LogP contribution >= 0.6 is 0 Å². The molecule has 0 radical (unpaired) electrons. The average Bonchev–Trinajstić information content (AvgIpc) is 2.98. The maximum atomic E-state index is 12.4. The molecule has 0 N–H and O–H groups in total. The van der Waals surface area contributed by atoms with Crippen LogP contribution in [0.3, 0.4) is 0 Å². The van der Waals surface area contributed by atoms with Crippen LogP contribution in [0.25, 0.3) is 0 Å². The molecule has 0 bridgehead atoms. The highest BCUT2D eigenvalue weighted by atomic mass is 16.5. The first-order chi connectivity index (χ1) is 10.8. The van der Waals surface area contributed by atoms with Crippen LogP contribution in [-0.2, 0) is 4.79 Å². The number of hydrogen-bond donors (Lipinski definition) is 0. The van der Waals surface area contributed by atoms with Gasteiger partial charge in [-0.2, -0.15) is 0 Å². The molecule has 4 nitrogen and oxygen atoms in total. The molecule has 1 saturated carbocycles. The van der Waals surface area contributed by atoms with Gasteiger partial charge in [-0.1, -0.05) is 25.0 Å². The van der Waals surface area contributed by atoms with Crippen LogP contribution in [0.1, 0.15) is 32.6 Å². The fraction of sp³-hybridized carbons (Fsp3) is 0.611. The number of hydrogen-bond acceptors (Lipinski definition) is 3. The Morgan fingerprint density at radius 1 is 1.09 bits per heavy atom. The highest BCUT2D eigenvalue weighted by molar-refractivity contribution is 5.78. The van der Waals surface area contributed by atoms with E-state index in [0.29, 0.717) is 29.9 Å². The van der Waals surface area contributed by atoms with Crippen molar-refractivity contribution in [3.05, 3.63) is 24.3 Å². The molecule has 120 valence electrons. The summed E-state index contributed by atoms with van der Waals surface area (Å²) in [7, 11) is 0. The van der Waals surface area contributed by atoms with Crippen molar-refractivity contribution in [2.24, 2.45) is 11.8 Å². The van der Waals surface area contributed by atoms with Crippen LogP contribution < -0.4 is 9.47 Å². The Kier molecular flexibility index (Phi) is 4.86. The Morgan fingerprint density at radius 2 is 1.68 bits per heavy atom. The molecular formula is C18H25NO3. The Labute approximate surface area is 132 Å². The van der Waals surface area contributed by atoms with E-state index in [4.69, 9.17) is 9.47 Å². The van der Waals surface area contributed by atoms with Gasteiger partial charge in [0.1, 0.15) is 0 Å². The first kappa shape index (κ1) is 15.2. The second-order valence-electron chi connectivity index (χ2n) is 6.27. The Morgan fingerprint density at radius 3 is 2.27 bits per heavy atom. The number of rotatable bonds is 5. The number of likely N-dealkylation sites (tertiary alicyclic amines) is 1. The van der Waals surface area contributed by atoms with Crippen molar-refractivity contribution in [1.82, 2.24) is 4.90 Å². The normalized spacial score (nSPS) is 24.0. The van der Waals surface area contributed by atoms with Gasteiger partial charge in [-0.25, -0.2) is 0 Å². The molecule has 2 aliphatic rings. The second-order valence-corrected chi connectivity index (χ2v) is 6.27. The van der Waals surface area contributed by atoms with Gasteiger partial charge in [0.2, 0.25) is 0 Å². The van der Waals surface area contributed by atoms with Crippen LogP contribution in [0.4, 0.5) is 0 Å². The molecule has 1 heterocycles. The van der Waals surface area contributed by atoms with E-state index in [2.05, 4.69) is 0 Å².